The number of morpholine rings is 1. The van der Waals surface area contributed by atoms with Gasteiger partial charge in [-0.3, -0.25) is 0 Å². The van der Waals surface area contributed by atoms with Crippen LogP contribution in [-0.4, -0.2) is 43.4 Å². The first-order valence-corrected chi connectivity index (χ1v) is 7.40. The summed E-state index contributed by atoms with van der Waals surface area (Å²) in [6.45, 7) is 2.91. The first-order valence-electron chi connectivity index (χ1n) is 6.23. The number of halogens is 2. The van der Waals surface area contributed by atoms with Crippen molar-refractivity contribution in [2.75, 3.05) is 38.3 Å². The molecule has 1 aliphatic rings. The molecule has 1 aromatic heterocycles. The van der Waals surface area contributed by atoms with E-state index in [9.17, 15) is 0 Å². The van der Waals surface area contributed by atoms with Crippen LogP contribution < -0.4 is 9.64 Å². The largest absolute Gasteiger partial charge is 0.495 e. The molecule has 5 nitrogen and oxygen atoms in total. The Labute approximate surface area is 130 Å². The smallest absolute Gasteiger partial charge is 0.224 e. The summed E-state index contributed by atoms with van der Waals surface area (Å²) < 4.78 is 11.8. The number of nitrogens with zero attached hydrogens (tertiary/aromatic N) is 3. The predicted molar refractivity (Wildman–Crippen MR) is 81.8 cm³/mol. The van der Waals surface area contributed by atoms with Crippen LogP contribution in [0.5, 0.6) is 5.75 Å². The fraction of sp³-hybridized carbons (Fsp3) is 0.385. The van der Waals surface area contributed by atoms with Gasteiger partial charge >= 0.3 is 0 Å². The van der Waals surface area contributed by atoms with E-state index >= 15 is 0 Å². The Morgan fingerprint density at radius 3 is 2.75 bits per heavy atom. The maximum Gasteiger partial charge on any atom is 0.224 e. The number of fused-ring (bicyclic) bond motifs is 1. The van der Waals surface area contributed by atoms with Crippen molar-refractivity contribution in [3.63, 3.8) is 0 Å². The first kappa shape index (κ1) is 13.9. The molecule has 0 atom stereocenters. The molecule has 0 unspecified atom stereocenters. The maximum absolute atomic E-state index is 6.05. The minimum absolute atomic E-state index is 0.239. The molecular weight excluding hydrogens is 346 g/mol. The molecule has 7 heteroatoms. The molecule has 20 heavy (non-hydrogen) atoms. The van der Waals surface area contributed by atoms with Gasteiger partial charge in [0.15, 0.2) is 0 Å². The molecule has 0 bridgehead atoms. The van der Waals surface area contributed by atoms with Crippen LogP contribution in [0.2, 0.25) is 5.28 Å². The zero-order valence-electron chi connectivity index (χ0n) is 10.9. The third-order valence-corrected chi connectivity index (χ3v) is 4.03. The molecule has 0 radical (unpaired) electrons. The van der Waals surface area contributed by atoms with Crippen LogP contribution in [0, 0.1) is 0 Å². The van der Waals surface area contributed by atoms with Gasteiger partial charge in [-0.25, -0.2) is 4.98 Å². The van der Waals surface area contributed by atoms with Crippen molar-refractivity contribution in [2.45, 2.75) is 0 Å². The lowest BCUT2D eigenvalue weighted by atomic mass is 10.2. The summed E-state index contributed by atoms with van der Waals surface area (Å²) >= 11 is 9.54. The van der Waals surface area contributed by atoms with E-state index in [-0.39, 0.29) is 5.28 Å². The van der Waals surface area contributed by atoms with Crippen LogP contribution in [0.25, 0.3) is 10.9 Å². The fourth-order valence-corrected chi connectivity index (χ4v) is 2.99. The Hall–Kier alpha value is -1.11. The topological polar surface area (TPSA) is 47.5 Å². The van der Waals surface area contributed by atoms with Gasteiger partial charge in [0, 0.05) is 13.1 Å². The summed E-state index contributed by atoms with van der Waals surface area (Å²) in [5.41, 5.74) is 0.770. The SMILES string of the molecule is COc1c(Br)ccc2nc(Cl)nc(N3CCOCC3)c12. The molecule has 0 N–H and O–H groups in total. The van der Waals surface area contributed by atoms with Crippen LogP contribution in [0.1, 0.15) is 0 Å². The number of ether oxygens (including phenoxy) is 2. The highest BCUT2D eigenvalue weighted by molar-refractivity contribution is 9.10. The van der Waals surface area contributed by atoms with Crippen molar-refractivity contribution < 1.29 is 9.47 Å². The summed E-state index contributed by atoms with van der Waals surface area (Å²) in [6, 6.07) is 3.80. The summed E-state index contributed by atoms with van der Waals surface area (Å²) in [5.74, 6) is 1.52. The number of anilines is 1. The summed E-state index contributed by atoms with van der Waals surface area (Å²) in [7, 11) is 1.64. The number of hydrogen-bond acceptors (Lipinski definition) is 5. The second kappa shape index (κ2) is 5.71. The molecule has 0 aliphatic carbocycles. The van der Waals surface area contributed by atoms with Gasteiger partial charge in [-0.05, 0) is 39.7 Å². The maximum atomic E-state index is 6.05. The van der Waals surface area contributed by atoms with Gasteiger partial charge in [0.1, 0.15) is 11.6 Å². The Morgan fingerprint density at radius 2 is 2.05 bits per heavy atom. The number of benzene rings is 1. The highest BCUT2D eigenvalue weighted by Gasteiger charge is 2.20. The van der Waals surface area contributed by atoms with Gasteiger partial charge in [-0.15, -0.1) is 0 Å². The summed E-state index contributed by atoms with van der Waals surface area (Å²) in [5, 5.41) is 1.11. The van der Waals surface area contributed by atoms with E-state index in [1.807, 2.05) is 12.1 Å². The Kier molecular flexibility index (Phi) is 3.96. The van der Waals surface area contributed by atoms with Gasteiger partial charge in [0.05, 0.1) is 35.7 Å². The minimum Gasteiger partial charge on any atom is -0.495 e. The van der Waals surface area contributed by atoms with Gasteiger partial charge in [-0.1, -0.05) is 0 Å². The zero-order valence-corrected chi connectivity index (χ0v) is 13.2. The third-order valence-electron chi connectivity index (χ3n) is 3.24. The lowest BCUT2D eigenvalue weighted by molar-refractivity contribution is 0.122. The molecule has 2 aromatic rings. The monoisotopic (exact) mass is 357 g/mol. The molecule has 1 fully saturated rings. The number of hydrogen-bond donors (Lipinski definition) is 0. The van der Waals surface area contributed by atoms with Gasteiger partial charge in [-0.2, -0.15) is 4.98 Å². The van der Waals surface area contributed by atoms with E-state index in [1.54, 1.807) is 7.11 Å². The fourth-order valence-electron chi connectivity index (χ4n) is 2.33. The second-order valence-electron chi connectivity index (χ2n) is 4.39. The normalized spacial score (nSPS) is 15.7. The predicted octanol–water partition coefficient (Wildman–Crippen LogP) is 2.89. The van der Waals surface area contributed by atoms with Crippen molar-refractivity contribution in [3.05, 3.63) is 21.9 Å². The first-order chi connectivity index (χ1) is 9.70. The Bertz CT molecular complexity index is 647. The standard InChI is InChI=1S/C13H13BrClN3O2/c1-19-11-8(14)2-3-9-10(11)12(17-13(15)16-9)18-4-6-20-7-5-18/h2-3H,4-7H2,1H3. The average molecular weight is 359 g/mol. The van der Waals surface area contributed by atoms with Gasteiger partial charge in [0.25, 0.3) is 0 Å². The molecule has 0 saturated carbocycles. The summed E-state index contributed by atoms with van der Waals surface area (Å²) in [6.07, 6.45) is 0. The van der Waals surface area contributed by atoms with Crippen LogP contribution in [0.15, 0.2) is 16.6 Å². The lowest BCUT2D eigenvalue weighted by Gasteiger charge is -2.29. The average Bonchev–Trinajstić information content (AvgIpc) is 2.47. The molecule has 3 rings (SSSR count). The van der Waals surface area contributed by atoms with Crippen LogP contribution in [0.3, 0.4) is 0 Å². The molecule has 1 saturated heterocycles. The van der Waals surface area contributed by atoms with E-state index in [0.717, 1.165) is 40.0 Å². The lowest BCUT2D eigenvalue weighted by Crippen LogP contribution is -2.37. The van der Waals surface area contributed by atoms with Gasteiger partial charge in [0.2, 0.25) is 5.28 Å². The highest BCUT2D eigenvalue weighted by atomic mass is 79.9. The molecule has 1 aromatic carbocycles. The zero-order chi connectivity index (χ0) is 14.1. The van der Waals surface area contributed by atoms with E-state index in [1.165, 1.54) is 0 Å². The van der Waals surface area contributed by atoms with E-state index in [0.29, 0.717) is 13.2 Å². The van der Waals surface area contributed by atoms with Crippen molar-refractivity contribution in [3.8, 4) is 5.75 Å². The van der Waals surface area contributed by atoms with Crippen LogP contribution in [0.4, 0.5) is 5.82 Å². The Morgan fingerprint density at radius 1 is 1.30 bits per heavy atom. The molecular formula is C13H13BrClN3O2. The third kappa shape index (κ3) is 2.43. The van der Waals surface area contributed by atoms with Crippen LogP contribution >= 0.6 is 27.5 Å². The summed E-state index contributed by atoms with van der Waals surface area (Å²) in [4.78, 5) is 10.8. The highest BCUT2D eigenvalue weighted by Crippen LogP contribution is 2.38. The van der Waals surface area contributed by atoms with E-state index in [2.05, 4.69) is 30.8 Å². The molecule has 106 valence electrons. The van der Waals surface area contributed by atoms with Crippen LogP contribution in [-0.2, 0) is 4.74 Å². The molecule has 2 heterocycles. The van der Waals surface area contributed by atoms with E-state index < -0.39 is 0 Å². The number of methoxy groups -OCH3 is 1. The van der Waals surface area contributed by atoms with Gasteiger partial charge < -0.3 is 14.4 Å². The van der Waals surface area contributed by atoms with Crippen molar-refractivity contribution in [1.82, 2.24) is 9.97 Å². The molecule has 1 aliphatic heterocycles. The van der Waals surface area contributed by atoms with Crippen molar-refractivity contribution >= 4 is 44.3 Å². The van der Waals surface area contributed by atoms with E-state index in [4.69, 9.17) is 21.1 Å². The minimum atomic E-state index is 0.239. The number of aromatic nitrogens is 2. The van der Waals surface area contributed by atoms with Crippen molar-refractivity contribution in [1.29, 1.82) is 0 Å². The Balaban J connectivity index is 2.25. The molecule has 0 spiro atoms. The quantitative estimate of drug-likeness (QED) is 0.773. The van der Waals surface area contributed by atoms with Crippen molar-refractivity contribution in [2.24, 2.45) is 0 Å². The number of rotatable bonds is 2. The second-order valence-corrected chi connectivity index (χ2v) is 5.58. The molecule has 0 amide bonds.